The molecule has 2 rings (SSSR count). The van der Waals surface area contributed by atoms with Gasteiger partial charge in [-0.05, 0) is 36.1 Å². The molecule has 3 amide bonds. The number of hydrogen-bond acceptors (Lipinski definition) is 8. The van der Waals surface area contributed by atoms with Crippen LogP contribution in [0.25, 0.3) is 0 Å². The van der Waals surface area contributed by atoms with Crippen LogP contribution in [0.15, 0.2) is 54.6 Å². The minimum absolute atomic E-state index is 0.0207. The molecule has 42 heavy (non-hydrogen) atoms. The van der Waals surface area contributed by atoms with Crippen molar-refractivity contribution in [1.82, 2.24) is 16.0 Å². The number of nitrogens with one attached hydrogen (secondary N) is 3. The number of carboxylic acids is 3. The molecular formula is C28H34N4O10. The summed E-state index contributed by atoms with van der Waals surface area (Å²) in [5.41, 5.74) is 6.85. The van der Waals surface area contributed by atoms with Crippen LogP contribution in [0.4, 0.5) is 0 Å². The van der Waals surface area contributed by atoms with E-state index in [4.69, 9.17) is 15.9 Å². The number of phenolic OH excluding ortho intramolecular Hbond substituents is 1. The van der Waals surface area contributed by atoms with Gasteiger partial charge < -0.3 is 42.1 Å². The van der Waals surface area contributed by atoms with Crippen LogP contribution in [-0.2, 0) is 41.6 Å². The second-order valence-electron chi connectivity index (χ2n) is 9.55. The average Bonchev–Trinajstić information content (AvgIpc) is 2.94. The standard InChI is InChI=1S/C28H34N4O10/c29-19(10-12-23(34)35)25(38)30-20(11-13-24(36)37)26(39)31-21(14-16-4-2-1-3-5-16)27(40)32-22(28(41)42)15-17-6-8-18(33)9-7-17/h1-9,19-22,33H,10-15,29H2,(H,30,38)(H,31,39)(H,32,40)(H,34,35)(H,36,37)(H,41,42). The monoisotopic (exact) mass is 586 g/mol. The molecule has 4 unspecified atom stereocenters. The van der Waals surface area contributed by atoms with Gasteiger partial charge in [0, 0.05) is 25.7 Å². The Hall–Kier alpha value is -4.98. The number of rotatable bonds is 17. The number of amides is 3. The summed E-state index contributed by atoms with van der Waals surface area (Å²) in [5, 5.41) is 44.3. The van der Waals surface area contributed by atoms with Crippen molar-refractivity contribution in [1.29, 1.82) is 0 Å². The Balaban J connectivity index is 2.25. The molecular weight excluding hydrogens is 552 g/mol. The molecule has 226 valence electrons. The van der Waals surface area contributed by atoms with E-state index in [2.05, 4.69) is 16.0 Å². The van der Waals surface area contributed by atoms with E-state index >= 15 is 0 Å². The maximum Gasteiger partial charge on any atom is 0.326 e. The summed E-state index contributed by atoms with van der Waals surface area (Å²) < 4.78 is 0. The predicted molar refractivity (Wildman–Crippen MR) is 147 cm³/mol. The van der Waals surface area contributed by atoms with Crippen molar-refractivity contribution in [2.75, 3.05) is 0 Å². The highest BCUT2D eigenvalue weighted by Gasteiger charge is 2.31. The van der Waals surface area contributed by atoms with E-state index in [9.17, 15) is 39.0 Å². The Labute approximate surface area is 240 Å². The van der Waals surface area contributed by atoms with Gasteiger partial charge in [-0.15, -0.1) is 0 Å². The molecule has 0 fully saturated rings. The topological polar surface area (TPSA) is 245 Å². The quantitative estimate of drug-likeness (QED) is 0.120. The fourth-order valence-corrected chi connectivity index (χ4v) is 3.90. The van der Waals surface area contributed by atoms with Gasteiger partial charge in [0.1, 0.15) is 23.9 Å². The molecule has 0 heterocycles. The summed E-state index contributed by atoms with van der Waals surface area (Å²) >= 11 is 0. The van der Waals surface area contributed by atoms with Crippen molar-refractivity contribution in [2.24, 2.45) is 5.73 Å². The van der Waals surface area contributed by atoms with Crippen LogP contribution >= 0.6 is 0 Å². The number of aliphatic carboxylic acids is 3. The number of carbonyl (C=O) groups is 6. The van der Waals surface area contributed by atoms with E-state index in [0.29, 0.717) is 11.1 Å². The summed E-state index contributed by atoms with van der Waals surface area (Å²) in [6.45, 7) is 0. The van der Waals surface area contributed by atoms with E-state index in [0.717, 1.165) is 0 Å². The van der Waals surface area contributed by atoms with Gasteiger partial charge in [0.05, 0.1) is 6.04 Å². The van der Waals surface area contributed by atoms with Crippen molar-refractivity contribution in [2.45, 2.75) is 62.7 Å². The minimum atomic E-state index is -1.44. The van der Waals surface area contributed by atoms with Crippen molar-refractivity contribution >= 4 is 35.6 Å². The fraction of sp³-hybridized carbons (Fsp3) is 0.357. The Morgan fingerprint density at radius 1 is 0.619 bits per heavy atom. The van der Waals surface area contributed by atoms with Crippen molar-refractivity contribution in [3.63, 3.8) is 0 Å². The SMILES string of the molecule is NC(CCC(=O)O)C(=O)NC(CCC(=O)O)C(=O)NC(Cc1ccccc1)C(=O)NC(Cc1ccc(O)cc1)C(=O)O. The molecule has 0 aliphatic carbocycles. The van der Waals surface area contributed by atoms with Crippen LogP contribution in [0.5, 0.6) is 5.75 Å². The Morgan fingerprint density at radius 2 is 1.10 bits per heavy atom. The number of carbonyl (C=O) groups excluding carboxylic acids is 3. The van der Waals surface area contributed by atoms with Crippen molar-refractivity contribution in [3.8, 4) is 5.75 Å². The highest BCUT2D eigenvalue weighted by molar-refractivity contribution is 5.94. The Morgan fingerprint density at radius 3 is 1.67 bits per heavy atom. The first kappa shape index (κ1) is 33.2. The lowest BCUT2D eigenvalue weighted by molar-refractivity contribution is -0.142. The third-order valence-corrected chi connectivity index (χ3v) is 6.19. The van der Waals surface area contributed by atoms with E-state index in [1.54, 1.807) is 30.3 Å². The molecule has 0 aliphatic rings. The zero-order valence-electron chi connectivity index (χ0n) is 22.6. The third-order valence-electron chi connectivity index (χ3n) is 6.19. The molecule has 0 spiro atoms. The molecule has 2 aromatic carbocycles. The number of benzene rings is 2. The van der Waals surface area contributed by atoms with Gasteiger partial charge in [-0.2, -0.15) is 0 Å². The Kier molecular flexibility index (Phi) is 12.9. The third kappa shape index (κ3) is 11.6. The summed E-state index contributed by atoms with van der Waals surface area (Å²) in [4.78, 5) is 73.0. The van der Waals surface area contributed by atoms with Crippen molar-refractivity contribution in [3.05, 3.63) is 65.7 Å². The minimum Gasteiger partial charge on any atom is -0.508 e. The van der Waals surface area contributed by atoms with Crippen molar-refractivity contribution < 1.29 is 49.2 Å². The van der Waals surface area contributed by atoms with E-state index in [-0.39, 0.29) is 31.4 Å². The van der Waals surface area contributed by atoms with Gasteiger partial charge in [-0.3, -0.25) is 24.0 Å². The molecule has 0 aliphatic heterocycles. The first-order valence-corrected chi connectivity index (χ1v) is 13.0. The van der Waals surface area contributed by atoms with Crippen LogP contribution in [0.2, 0.25) is 0 Å². The average molecular weight is 587 g/mol. The number of nitrogens with two attached hydrogens (primary N) is 1. The molecule has 9 N–H and O–H groups in total. The molecule has 0 radical (unpaired) electrons. The van der Waals surface area contributed by atoms with Crippen LogP contribution in [0.1, 0.15) is 36.8 Å². The molecule has 2 aromatic rings. The number of hydrogen-bond donors (Lipinski definition) is 8. The molecule has 0 bridgehead atoms. The maximum atomic E-state index is 13.3. The molecule has 14 nitrogen and oxygen atoms in total. The summed E-state index contributed by atoms with van der Waals surface area (Å²) in [5.74, 6) is -6.45. The van der Waals surface area contributed by atoms with Gasteiger partial charge in [-0.25, -0.2) is 4.79 Å². The lowest BCUT2D eigenvalue weighted by atomic mass is 10.0. The number of phenols is 1. The molecule has 0 aromatic heterocycles. The van der Waals surface area contributed by atoms with Gasteiger partial charge in [0.15, 0.2) is 0 Å². The van der Waals surface area contributed by atoms with Crippen LogP contribution < -0.4 is 21.7 Å². The fourth-order valence-electron chi connectivity index (χ4n) is 3.90. The maximum absolute atomic E-state index is 13.3. The van der Waals surface area contributed by atoms with Crippen LogP contribution in [0.3, 0.4) is 0 Å². The molecule has 0 saturated carbocycles. The first-order chi connectivity index (χ1) is 19.8. The summed E-state index contributed by atoms with van der Waals surface area (Å²) in [6, 6.07) is 8.78. The largest absolute Gasteiger partial charge is 0.508 e. The zero-order chi connectivity index (χ0) is 31.2. The second-order valence-corrected chi connectivity index (χ2v) is 9.55. The second kappa shape index (κ2) is 16.3. The van der Waals surface area contributed by atoms with Gasteiger partial charge in [-0.1, -0.05) is 42.5 Å². The van der Waals surface area contributed by atoms with Gasteiger partial charge in [0.2, 0.25) is 17.7 Å². The highest BCUT2D eigenvalue weighted by atomic mass is 16.4. The Bertz CT molecular complexity index is 1250. The lowest BCUT2D eigenvalue weighted by Gasteiger charge is -2.25. The van der Waals surface area contributed by atoms with E-state index in [1.165, 1.54) is 24.3 Å². The van der Waals surface area contributed by atoms with Crippen LogP contribution in [0, 0.1) is 0 Å². The van der Waals surface area contributed by atoms with E-state index in [1.807, 2.05) is 0 Å². The number of aromatic hydroxyl groups is 1. The number of carboxylic acid groups (broad SMARTS) is 3. The lowest BCUT2D eigenvalue weighted by Crippen LogP contribution is -2.58. The van der Waals surface area contributed by atoms with E-state index < -0.39 is 72.6 Å². The molecule has 0 saturated heterocycles. The summed E-state index contributed by atoms with van der Waals surface area (Å²) in [7, 11) is 0. The summed E-state index contributed by atoms with van der Waals surface area (Å²) in [6.07, 6.45) is -1.72. The van der Waals surface area contributed by atoms with Crippen LogP contribution in [-0.4, -0.2) is 80.2 Å². The normalized spacial score (nSPS) is 13.5. The predicted octanol–water partition coefficient (Wildman–Crippen LogP) is -0.227. The molecule has 4 atom stereocenters. The molecule has 14 heteroatoms. The zero-order valence-corrected chi connectivity index (χ0v) is 22.6. The smallest absolute Gasteiger partial charge is 0.326 e. The first-order valence-electron chi connectivity index (χ1n) is 13.0. The van der Waals surface area contributed by atoms with Gasteiger partial charge in [0.25, 0.3) is 0 Å². The van der Waals surface area contributed by atoms with Gasteiger partial charge >= 0.3 is 17.9 Å². The highest BCUT2D eigenvalue weighted by Crippen LogP contribution is 2.12.